The highest BCUT2D eigenvalue weighted by Crippen LogP contribution is 2.47. The first-order valence-electron chi connectivity index (χ1n) is 17.5. The van der Waals surface area contributed by atoms with Crippen molar-refractivity contribution in [1.29, 1.82) is 5.41 Å². The predicted octanol–water partition coefficient (Wildman–Crippen LogP) is 9.41. The second-order valence-corrected chi connectivity index (χ2v) is 15.1. The summed E-state index contributed by atoms with van der Waals surface area (Å²) in [6.07, 6.45) is 16.9. The first kappa shape index (κ1) is 35.5. The van der Waals surface area contributed by atoms with Crippen LogP contribution in [-0.2, 0) is 12.8 Å². The van der Waals surface area contributed by atoms with Crippen LogP contribution in [0.3, 0.4) is 0 Å². The highest BCUT2D eigenvalue weighted by atomic mass is 35.5. The zero-order chi connectivity index (χ0) is 34.4. The molecule has 0 aromatic heterocycles. The molecule has 49 heavy (non-hydrogen) atoms. The van der Waals surface area contributed by atoms with Crippen molar-refractivity contribution in [1.82, 2.24) is 10.2 Å². The quantitative estimate of drug-likeness (QED) is 0.144. The van der Waals surface area contributed by atoms with Crippen LogP contribution >= 0.6 is 23.4 Å². The van der Waals surface area contributed by atoms with Crippen LogP contribution in [0.2, 0.25) is 5.02 Å². The molecule has 5 atom stereocenters. The number of hydrogen-bond donors (Lipinski definition) is 2. The molecule has 1 fully saturated rings. The Balaban J connectivity index is 1.18. The van der Waals surface area contributed by atoms with Gasteiger partial charge in [-0.3, -0.25) is 9.98 Å². The second kappa shape index (κ2) is 16.1. The molecule has 0 bridgehead atoms. The zero-order valence-electron chi connectivity index (χ0n) is 28.3. The molecule has 0 saturated carbocycles. The predicted molar refractivity (Wildman–Crippen MR) is 203 cm³/mol. The monoisotopic (exact) mass is 701 g/mol. The summed E-state index contributed by atoms with van der Waals surface area (Å²) in [4.78, 5) is 12.7. The molecule has 4 heterocycles. The van der Waals surface area contributed by atoms with E-state index in [4.69, 9.17) is 27.0 Å². The van der Waals surface area contributed by atoms with Gasteiger partial charge in [-0.25, -0.2) is 8.78 Å². The molecule has 5 nitrogen and oxygen atoms in total. The van der Waals surface area contributed by atoms with Gasteiger partial charge in [-0.1, -0.05) is 60.2 Å². The summed E-state index contributed by atoms with van der Waals surface area (Å²) >= 11 is 8.50. The number of hydrogen-bond acceptors (Lipinski definition) is 6. The standard InChI is InChI=1S/C40H46ClF2N5S/c1-27(42)40(2)18-15-34(47-40)37-35-24-30(17-21-45-20-16-29-11-7-10-28(23-29)9-5-3-4-6-19-44)26-48(35)39(36-12-8-22-49-36)46-38(37)32-14-13-31(43)25-33(32)41/h4,6-8,10-11,13-15,18-19,22-23,25,27,30,36,38,44-45H,3,5,9,12,16-17,20-21,24,26H2,1-2H3/b6-4-,44-19?/t27?,30-,36?,38-,40-/m0/s1. The number of benzene rings is 2. The molecule has 6 rings (SSSR count). The third kappa shape index (κ3) is 8.35. The van der Waals surface area contributed by atoms with Gasteiger partial charge in [0.1, 0.15) is 29.4 Å². The van der Waals surface area contributed by atoms with Crippen LogP contribution in [0, 0.1) is 17.1 Å². The summed E-state index contributed by atoms with van der Waals surface area (Å²) in [5.74, 6) is 1.05. The smallest absolute Gasteiger partial charge is 0.126 e. The van der Waals surface area contributed by atoms with E-state index in [9.17, 15) is 8.78 Å². The highest BCUT2D eigenvalue weighted by molar-refractivity contribution is 8.03. The topological polar surface area (TPSA) is 63.8 Å². The number of unbranched alkanes of at least 4 members (excludes halogenated alkanes) is 1. The lowest BCUT2D eigenvalue weighted by Crippen LogP contribution is -2.39. The molecule has 258 valence electrons. The van der Waals surface area contributed by atoms with Gasteiger partial charge in [0.25, 0.3) is 0 Å². The van der Waals surface area contributed by atoms with Gasteiger partial charge in [0, 0.05) is 34.6 Å². The molecule has 4 aliphatic heterocycles. The van der Waals surface area contributed by atoms with Gasteiger partial charge in [0.05, 0.1) is 11.0 Å². The lowest BCUT2D eigenvalue weighted by Gasteiger charge is -2.36. The van der Waals surface area contributed by atoms with Crippen molar-refractivity contribution in [3.8, 4) is 0 Å². The Labute approximate surface area is 298 Å². The van der Waals surface area contributed by atoms with Crippen LogP contribution in [0.25, 0.3) is 0 Å². The number of rotatable bonds is 15. The summed E-state index contributed by atoms with van der Waals surface area (Å²) in [5.41, 5.74) is 5.38. The van der Waals surface area contributed by atoms with E-state index in [-0.39, 0.29) is 11.1 Å². The SMILES string of the molecule is CC(F)[C@]1(C)C=CC(C2=C3C[C@H](CCNCCc4cccc(CCC/C=C\C=N)c4)CN3C(C3CC=CS3)=N[C@H]2c2ccc(F)cc2Cl)=N1. The van der Waals surface area contributed by atoms with Crippen molar-refractivity contribution < 1.29 is 8.78 Å². The number of allylic oxidation sites excluding steroid dienone is 5. The van der Waals surface area contributed by atoms with Gasteiger partial charge in [0.2, 0.25) is 0 Å². The molecule has 0 spiro atoms. The molecule has 2 N–H and O–H groups in total. The highest BCUT2D eigenvalue weighted by Gasteiger charge is 2.43. The van der Waals surface area contributed by atoms with Crippen molar-refractivity contribution in [2.45, 2.75) is 81.8 Å². The maximum absolute atomic E-state index is 14.8. The third-order valence-electron chi connectivity index (χ3n) is 10.0. The first-order chi connectivity index (χ1) is 23.8. The Hall–Kier alpha value is -3.33. The maximum atomic E-state index is 14.8. The fraction of sp³-hybridized carbons (Fsp3) is 0.425. The van der Waals surface area contributed by atoms with Gasteiger partial charge < -0.3 is 15.6 Å². The van der Waals surface area contributed by atoms with E-state index in [1.165, 1.54) is 35.2 Å². The van der Waals surface area contributed by atoms with E-state index in [0.29, 0.717) is 10.9 Å². The number of aliphatic imine (C=N–C) groups is 2. The molecule has 0 amide bonds. The number of alkyl halides is 1. The Kier molecular flexibility index (Phi) is 11.7. The minimum absolute atomic E-state index is 0.196. The zero-order valence-corrected chi connectivity index (χ0v) is 29.9. The van der Waals surface area contributed by atoms with Gasteiger partial charge in [-0.2, -0.15) is 0 Å². The molecule has 9 heteroatoms. The lowest BCUT2D eigenvalue weighted by molar-refractivity contribution is 0.269. The summed E-state index contributed by atoms with van der Waals surface area (Å²) in [7, 11) is 0. The number of fused-ring (bicyclic) bond motifs is 1. The minimum atomic E-state index is -1.15. The summed E-state index contributed by atoms with van der Waals surface area (Å²) in [6.45, 7) is 6.07. The molecule has 2 aromatic rings. The normalized spacial score (nSPS) is 25.3. The van der Waals surface area contributed by atoms with Crippen LogP contribution in [0.1, 0.15) is 68.7 Å². The Morgan fingerprint density at radius 3 is 2.76 bits per heavy atom. The van der Waals surface area contributed by atoms with E-state index < -0.39 is 17.8 Å². The van der Waals surface area contributed by atoms with Crippen LogP contribution in [0.4, 0.5) is 8.78 Å². The van der Waals surface area contributed by atoms with Crippen molar-refractivity contribution in [2.24, 2.45) is 15.9 Å². The Morgan fingerprint density at radius 1 is 1.18 bits per heavy atom. The van der Waals surface area contributed by atoms with Gasteiger partial charge >= 0.3 is 0 Å². The van der Waals surface area contributed by atoms with E-state index >= 15 is 0 Å². The molecule has 4 aliphatic rings. The van der Waals surface area contributed by atoms with E-state index in [2.05, 4.69) is 52.0 Å². The van der Waals surface area contributed by atoms with E-state index in [0.717, 1.165) is 87.3 Å². The number of halogens is 3. The van der Waals surface area contributed by atoms with E-state index in [1.54, 1.807) is 30.8 Å². The average Bonchev–Trinajstić information content (AvgIpc) is 3.85. The molecule has 2 aromatic carbocycles. The Morgan fingerprint density at radius 2 is 2.02 bits per heavy atom. The number of amidine groups is 1. The summed E-state index contributed by atoms with van der Waals surface area (Å²) < 4.78 is 29.0. The number of nitrogens with one attached hydrogen (secondary N) is 2. The van der Waals surface area contributed by atoms with Gasteiger partial charge in [-0.15, -0.1) is 11.8 Å². The first-order valence-corrected chi connectivity index (χ1v) is 18.8. The number of thioether (sulfide) groups is 1. The minimum Gasteiger partial charge on any atom is -0.332 e. The molecule has 0 radical (unpaired) electrons. The average molecular weight is 702 g/mol. The summed E-state index contributed by atoms with van der Waals surface area (Å²) in [5, 5.41) is 13.5. The van der Waals surface area contributed by atoms with Crippen LogP contribution in [0.15, 0.2) is 99.5 Å². The van der Waals surface area contributed by atoms with Gasteiger partial charge in [-0.05, 0) is 119 Å². The largest absolute Gasteiger partial charge is 0.332 e. The van der Waals surface area contributed by atoms with Crippen molar-refractivity contribution in [3.05, 3.63) is 117 Å². The van der Waals surface area contributed by atoms with Crippen LogP contribution in [0.5, 0.6) is 0 Å². The molecular weight excluding hydrogens is 656 g/mol. The third-order valence-corrected chi connectivity index (χ3v) is 11.4. The van der Waals surface area contributed by atoms with Crippen molar-refractivity contribution >= 4 is 41.1 Å². The molecule has 2 unspecified atom stereocenters. The Bertz CT molecular complexity index is 1700. The fourth-order valence-corrected chi connectivity index (χ4v) is 8.33. The van der Waals surface area contributed by atoms with Gasteiger partial charge in [0.15, 0.2) is 0 Å². The number of aryl methyl sites for hydroxylation is 1. The lowest BCUT2D eigenvalue weighted by atomic mass is 9.90. The number of nitrogens with zero attached hydrogens (tertiary/aromatic N) is 3. The second-order valence-electron chi connectivity index (χ2n) is 13.6. The molecule has 0 aliphatic carbocycles. The molecule has 1 saturated heterocycles. The fourth-order valence-electron chi connectivity index (χ4n) is 7.11. The van der Waals surface area contributed by atoms with Crippen LogP contribution in [-0.4, -0.2) is 59.3 Å². The van der Waals surface area contributed by atoms with Crippen LogP contribution < -0.4 is 5.32 Å². The summed E-state index contributed by atoms with van der Waals surface area (Å²) in [6, 6.07) is 13.0. The van der Waals surface area contributed by atoms with E-state index in [1.807, 2.05) is 19.1 Å². The van der Waals surface area contributed by atoms with Crippen molar-refractivity contribution in [3.63, 3.8) is 0 Å². The van der Waals surface area contributed by atoms with Crippen molar-refractivity contribution in [2.75, 3.05) is 19.6 Å². The maximum Gasteiger partial charge on any atom is 0.126 e. The molecular formula is C40H46ClF2N5S.